The van der Waals surface area contributed by atoms with Crippen LogP contribution < -0.4 is 5.73 Å². The van der Waals surface area contributed by atoms with Gasteiger partial charge in [0.15, 0.2) is 5.82 Å². The summed E-state index contributed by atoms with van der Waals surface area (Å²) in [6.45, 7) is 1.90. The predicted molar refractivity (Wildman–Crippen MR) is 97.6 cm³/mol. The first kappa shape index (κ1) is 16.2. The van der Waals surface area contributed by atoms with Crippen LogP contribution >= 0.6 is 0 Å². The quantitative estimate of drug-likeness (QED) is 0.744. The summed E-state index contributed by atoms with van der Waals surface area (Å²) in [6.07, 6.45) is 5.09. The molecule has 1 aliphatic rings. The second-order valence-corrected chi connectivity index (χ2v) is 6.79. The van der Waals surface area contributed by atoms with Gasteiger partial charge in [-0.2, -0.15) is 4.98 Å². The molecule has 0 spiro atoms. The molecule has 2 aromatic carbocycles. The molecule has 2 N–H and O–H groups in total. The Morgan fingerprint density at radius 3 is 2.64 bits per heavy atom. The molecule has 130 valence electrons. The van der Waals surface area contributed by atoms with Crippen molar-refractivity contribution >= 4 is 10.8 Å². The molecule has 1 fully saturated rings. The largest absolute Gasteiger partial charge is 0.338 e. The highest BCUT2D eigenvalue weighted by Crippen LogP contribution is 2.28. The molecular weight excluding hydrogens is 312 g/mol. The summed E-state index contributed by atoms with van der Waals surface area (Å²) >= 11 is 0. The third kappa shape index (κ3) is 3.57. The molecule has 1 aliphatic carbocycles. The number of hydrogen-bond acceptors (Lipinski definition) is 5. The fourth-order valence-electron chi connectivity index (χ4n) is 3.85. The first-order valence-electron chi connectivity index (χ1n) is 9.05. The number of nitrogens with zero attached hydrogens (tertiary/aromatic N) is 3. The van der Waals surface area contributed by atoms with Crippen molar-refractivity contribution in [1.82, 2.24) is 15.0 Å². The summed E-state index contributed by atoms with van der Waals surface area (Å²) < 4.78 is 5.19. The summed E-state index contributed by atoms with van der Waals surface area (Å²) in [7, 11) is 0. The monoisotopic (exact) mass is 336 g/mol. The Morgan fingerprint density at radius 1 is 1.04 bits per heavy atom. The van der Waals surface area contributed by atoms with Crippen molar-refractivity contribution in [3.63, 3.8) is 0 Å². The molecule has 0 radical (unpaired) electrons. The van der Waals surface area contributed by atoms with Gasteiger partial charge in [-0.15, -0.1) is 0 Å². The van der Waals surface area contributed by atoms with Gasteiger partial charge in [0.2, 0.25) is 5.89 Å². The Hall–Kier alpha value is -2.24. The molecule has 1 aromatic heterocycles. The summed E-state index contributed by atoms with van der Waals surface area (Å²) in [6, 6.07) is 15.7. The van der Waals surface area contributed by atoms with Gasteiger partial charge < -0.3 is 10.3 Å². The van der Waals surface area contributed by atoms with E-state index in [0.717, 1.165) is 12.4 Å². The number of hydrogen-bond donors (Lipinski definition) is 1. The van der Waals surface area contributed by atoms with Gasteiger partial charge in [-0.05, 0) is 29.2 Å². The number of fused-ring (bicyclic) bond motifs is 1. The number of aromatic nitrogens is 2. The maximum atomic E-state index is 5.59. The molecule has 0 bridgehead atoms. The van der Waals surface area contributed by atoms with Crippen LogP contribution in [0.4, 0.5) is 0 Å². The van der Waals surface area contributed by atoms with E-state index in [2.05, 4.69) is 57.5 Å². The molecule has 0 atom stereocenters. The van der Waals surface area contributed by atoms with Crippen LogP contribution in [0, 0.1) is 0 Å². The van der Waals surface area contributed by atoms with E-state index in [1.54, 1.807) is 0 Å². The first-order valence-corrected chi connectivity index (χ1v) is 9.05. The molecular formula is C20H24N4O. The highest BCUT2D eigenvalue weighted by atomic mass is 16.5. The van der Waals surface area contributed by atoms with Gasteiger partial charge in [-0.25, -0.2) is 0 Å². The maximum Gasteiger partial charge on any atom is 0.240 e. The second-order valence-electron chi connectivity index (χ2n) is 6.79. The zero-order chi connectivity index (χ0) is 17.1. The van der Waals surface area contributed by atoms with Gasteiger partial charge >= 0.3 is 0 Å². The van der Waals surface area contributed by atoms with Gasteiger partial charge in [0, 0.05) is 12.6 Å². The van der Waals surface area contributed by atoms with Crippen LogP contribution in [0.25, 0.3) is 10.8 Å². The van der Waals surface area contributed by atoms with E-state index in [4.69, 9.17) is 10.3 Å². The van der Waals surface area contributed by atoms with Crippen molar-refractivity contribution in [2.75, 3.05) is 0 Å². The van der Waals surface area contributed by atoms with Gasteiger partial charge in [0.05, 0.1) is 13.1 Å². The van der Waals surface area contributed by atoms with Crippen molar-refractivity contribution in [1.29, 1.82) is 0 Å². The summed E-state index contributed by atoms with van der Waals surface area (Å²) in [5.41, 5.74) is 6.95. The normalized spacial score (nSPS) is 15.4. The van der Waals surface area contributed by atoms with E-state index >= 15 is 0 Å². The number of rotatable bonds is 6. The Labute approximate surface area is 147 Å². The van der Waals surface area contributed by atoms with Crippen molar-refractivity contribution in [3.8, 4) is 0 Å². The molecule has 0 unspecified atom stereocenters. The lowest BCUT2D eigenvalue weighted by atomic mass is 10.0. The van der Waals surface area contributed by atoms with Crippen LogP contribution in [0.2, 0.25) is 0 Å². The Bertz CT molecular complexity index is 833. The van der Waals surface area contributed by atoms with Crippen molar-refractivity contribution in [2.24, 2.45) is 5.73 Å². The molecule has 0 amide bonds. The van der Waals surface area contributed by atoms with E-state index in [0.29, 0.717) is 25.0 Å². The topological polar surface area (TPSA) is 68.2 Å². The average molecular weight is 336 g/mol. The SMILES string of the molecule is NCc1nc(CN(Cc2cccc3ccccc23)C2CCCC2)no1. The van der Waals surface area contributed by atoms with Crippen molar-refractivity contribution < 1.29 is 4.52 Å². The molecule has 5 nitrogen and oxygen atoms in total. The van der Waals surface area contributed by atoms with E-state index in [-0.39, 0.29) is 0 Å². The molecule has 4 rings (SSSR count). The Morgan fingerprint density at radius 2 is 1.84 bits per heavy atom. The number of benzene rings is 2. The van der Waals surface area contributed by atoms with Gasteiger partial charge in [0.25, 0.3) is 0 Å². The minimum Gasteiger partial charge on any atom is -0.338 e. The van der Waals surface area contributed by atoms with Gasteiger partial charge in [0.1, 0.15) is 0 Å². The van der Waals surface area contributed by atoms with Crippen molar-refractivity contribution in [3.05, 3.63) is 59.7 Å². The molecule has 5 heteroatoms. The van der Waals surface area contributed by atoms with Gasteiger partial charge in [-0.1, -0.05) is 60.5 Å². The van der Waals surface area contributed by atoms with Crippen LogP contribution in [0.1, 0.15) is 43.0 Å². The van der Waals surface area contributed by atoms with E-state index < -0.39 is 0 Å². The van der Waals surface area contributed by atoms with E-state index in [9.17, 15) is 0 Å². The minimum absolute atomic E-state index is 0.291. The highest BCUT2D eigenvalue weighted by molar-refractivity contribution is 5.85. The average Bonchev–Trinajstić information content (AvgIpc) is 3.33. The lowest BCUT2D eigenvalue weighted by molar-refractivity contribution is 0.174. The Balaban J connectivity index is 1.61. The third-order valence-corrected chi connectivity index (χ3v) is 5.12. The second kappa shape index (κ2) is 7.33. The zero-order valence-corrected chi connectivity index (χ0v) is 14.4. The van der Waals surface area contributed by atoms with E-state index in [1.165, 1.54) is 42.0 Å². The van der Waals surface area contributed by atoms with Crippen LogP contribution in [-0.2, 0) is 19.6 Å². The zero-order valence-electron chi connectivity index (χ0n) is 14.4. The molecule has 1 saturated carbocycles. The summed E-state index contributed by atoms with van der Waals surface area (Å²) in [5.74, 6) is 1.24. The number of nitrogens with two attached hydrogens (primary N) is 1. The summed E-state index contributed by atoms with van der Waals surface area (Å²) in [5, 5.41) is 6.71. The third-order valence-electron chi connectivity index (χ3n) is 5.12. The van der Waals surface area contributed by atoms with Crippen LogP contribution in [0.5, 0.6) is 0 Å². The lowest BCUT2D eigenvalue weighted by Crippen LogP contribution is -2.32. The lowest BCUT2D eigenvalue weighted by Gasteiger charge is -2.28. The molecule has 0 aliphatic heterocycles. The maximum absolute atomic E-state index is 5.59. The fourth-order valence-corrected chi connectivity index (χ4v) is 3.85. The minimum atomic E-state index is 0.291. The van der Waals surface area contributed by atoms with Crippen LogP contribution in [-0.4, -0.2) is 21.1 Å². The van der Waals surface area contributed by atoms with Crippen LogP contribution in [0.3, 0.4) is 0 Å². The standard InChI is InChI=1S/C20H24N4O/c21-12-20-22-19(23-25-20)14-24(17-9-2-3-10-17)13-16-8-5-7-15-6-1-4-11-18(15)16/h1,4-8,11,17H,2-3,9-10,12-14,21H2. The van der Waals surface area contributed by atoms with Crippen LogP contribution in [0.15, 0.2) is 47.0 Å². The smallest absolute Gasteiger partial charge is 0.240 e. The summed E-state index contributed by atoms with van der Waals surface area (Å²) in [4.78, 5) is 6.90. The molecule has 0 saturated heterocycles. The molecule has 1 heterocycles. The molecule has 3 aromatic rings. The van der Waals surface area contributed by atoms with E-state index in [1.807, 2.05) is 0 Å². The molecule has 25 heavy (non-hydrogen) atoms. The van der Waals surface area contributed by atoms with Crippen molar-refractivity contribution in [2.45, 2.75) is 51.4 Å². The van der Waals surface area contributed by atoms with Gasteiger partial charge in [-0.3, -0.25) is 4.90 Å². The highest BCUT2D eigenvalue weighted by Gasteiger charge is 2.24. The Kier molecular flexibility index (Phi) is 4.76. The first-order chi connectivity index (χ1) is 12.3. The fraction of sp³-hybridized carbons (Fsp3) is 0.400. The predicted octanol–water partition coefficient (Wildman–Crippen LogP) is 3.63.